The fraction of sp³-hybridized carbons (Fsp3) is 0.259. The Morgan fingerprint density at radius 1 is 0.917 bits per heavy atom. The predicted octanol–water partition coefficient (Wildman–Crippen LogP) is 4.37. The Kier molecular flexibility index (Phi) is 8.71. The standard InChI is InChI=1S/C27H31N3O5S/c1-5-35-23-17-15-22(16-18-23)30(36(4,33)34)20(3)26(31)29-25-14-10-9-13-24(25)27(32)28-19(2)21-11-7-6-8-12-21/h6-20H,5H2,1-4H3,(H,28,32)(H,29,31)/t19-,20-/m1/s1. The van der Waals surface area contributed by atoms with Gasteiger partial charge < -0.3 is 15.4 Å². The van der Waals surface area contributed by atoms with Gasteiger partial charge in [0.25, 0.3) is 5.91 Å². The summed E-state index contributed by atoms with van der Waals surface area (Å²) in [5, 5.41) is 5.66. The van der Waals surface area contributed by atoms with E-state index in [4.69, 9.17) is 4.74 Å². The molecule has 0 radical (unpaired) electrons. The molecule has 8 nitrogen and oxygen atoms in total. The second kappa shape index (κ2) is 11.7. The van der Waals surface area contributed by atoms with Crippen LogP contribution in [0.1, 0.15) is 42.7 Å². The summed E-state index contributed by atoms with van der Waals surface area (Å²) in [6, 6.07) is 21.3. The van der Waals surface area contributed by atoms with Gasteiger partial charge in [0.1, 0.15) is 11.8 Å². The van der Waals surface area contributed by atoms with E-state index in [1.165, 1.54) is 6.92 Å². The average Bonchev–Trinajstić information content (AvgIpc) is 2.85. The number of nitrogens with zero attached hydrogens (tertiary/aromatic N) is 1. The number of nitrogens with one attached hydrogen (secondary N) is 2. The van der Waals surface area contributed by atoms with Crippen LogP contribution < -0.4 is 19.7 Å². The van der Waals surface area contributed by atoms with Gasteiger partial charge in [-0.2, -0.15) is 0 Å². The minimum absolute atomic E-state index is 0.248. The highest BCUT2D eigenvalue weighted by Crippen LogP contribution is 2.25. The van der Waals surface area contributed by atoms with Crippen molar-refractivity contribution in [2.75, 3.05) is 22.5 Å². The van der Waals surface area contributed by atoms with Crippen LogP contribution in [-0.4, -0.2) is 39.1 Å². The molecule has 0 aliphatic carbocycles. The van der Waals surface area contributed by atoms with Crippen molar-refractivity contribution in [3.8, 4) is 5.75 Å². The molecule has 0 saturated heterocycles. The Labute approximate surface area is 212 Å². The second-order valence-corrected chi connectivity index (χ2v) is 10.2. The lowest BCUT2D eigenvalue weighted by Gasteiger charge is -2.28. The van der Waals surface area contributed by atoms with E-state index < -0.39 is 22.0 Å². The Morgan fingerprint density at radius 3 is 2.14 bits per heavy atom. The quantitative estimate of drug-likeness (QED) is 0.422. The predicted molar refractivity (Wildman–Crippen MR) is 142 cm³/mol. The number of amides is 2. The molecule has 3 aromatic carbocycles. The zero-order chi connectivity index (χ0) is 26.3. The lowest BCUT2D eigenvalue weighted by atomic mass is 10.1. The van der Waals surface area contributed by atoms with Gasteiger partial charge in [0.15, 0.2) is 0 Å². The number of ether oxygens (including phenoxy) is 1. The average molecular weight is 510 g/mol. The number of anilines is 2. The van der Waals surface area contributed by atoms with Crippen LogP contribution in [0.15, 0.2) is 78.9 Å². The Hall–Kier alpha value is -3.85. The van der Waals surface area contributed by atoms with Crippen LogP contribution >= 0.6 is 0 Å². The first-order chi connectivity index (χ1) is 17.1. The first kappa shape index (κ1) is 26.7. The van der Waals surface area contributed by atoms with Crippen LogP contribution in [0.4, 0.5) is 11.4 Å². The molecule has 0 bridgehead atoms. The second-order valence-electron chi connectivity index (χ2n) is 8.30. The van der Waals surface area contributed by atoms with Gasteiger partial charge >= 0.3 is 0 Å². The van der Waals surface area contributed by atoms with Crippen molar-refractivity contribution in [1.82, 2.24) is 5.32 Å². The van der Waals surface area contributed by atoms with Crippen molar-refractivity contribution in [1.29, 1.82) is 0 Å². The van der Waals surface area contributed by atoms with Crippen LogP contribution in [0.2, 0.25) is 0 Å². The molecule has 2 amide bonds. The fourth-order valence-electron chi connectivity index (χ4n) is 3.79. The van der Waals surface area contributed by atoms with Crippen LogP contribution in [-0.2, 0) is 14.8 Å². The molecular weight excluding hydrogens is 478 g/mol. The SMILES string of the molecule is CCOc1ccc(N([C@H](C)C(=O)Nc2ccccc2C(=O)N[C@H](C)c2ccccc2)S(C)(=O)=O)cc1. The summed E-state index contributed by atoms with van der Waals surface area (Å²) in [4.78, 5) is 26.2. The lowest BCUT2D eigenvalue weighted by molar-refractivity contribution is -0.116. The van der Waals surface area contributed by atoms with E-state index in [1.54, 1.807) is 48.5 Å². The highest BCUT2D eigenvalue weighted by Gasteiger charge is 2.30. The number of sulfonamides is 1. The number of rotatable bonds is 10. The van der Waals surface area contributed by atoms with E-state index in [0.717, 1.165) is 16.1 Å². The molecular formula is C27H31N3O5S. The molecule has 0 aliphatic heterocycles. The van der Waals surface area contributed by atoms with Gasteiger partial charge in [0.2, 0.25) is 15.9 Å². The summed E-state index contributed by atoms with van der Waals surface area (Å²) in [7, 11) is -3.80. The van der Waals surface area contributed by atoms with Gasteiger partial charge in [0, 0.05) is 0 Å². The van der Waals surface area contributed by atoms with Gasteiger partial charge in [-0.3, -0.25) is 13.9 Å². The van der Waals surface area contributed by atoms with Gasteiger partial charge in [0.05, 0.1) is 35.8 Å². The van der Waals surface area contributed by atoms with Gasteiger partial charge in [-0.05, 0) is 62.7 Å². The fourth-order valence-corrected chi connectivity index (χ4v) is 4.97. The molecule has 0 aromatic heterocycles. The van der Waals surface area contributed by atoms with E-state index >= 15 is 0 Å². The lowest BCUT2D eigenvalue weighted by Crippen LogP contribution is -2.45. The largest absolute Gasteiger partial charge is 0.494 e. The molecule has 0 aliphatic rings. The molecule has 0 unspecified atom stereocenters. The van der Waals surface area contributed by atoms with Crippen molar-refractivity contribution in [3.05, 3.63) is 90.0 Å². The van der Waals surface area contributed by atoms with Crippen molar-refractivity contribution >= 4 is 33.2 Å². The van der Waals surface area contributed by atoms with Crippen molar-refractivity contribution in [2.45, 2.75) is 32.9 Å². The molecule has 0 heterocycles. The zero-order valence-corrected chi connectivity index (χ0v) is 21.6. The Morgan fingerprint density at radius 2 is 1.53 bits per heavy atom. The summed E-state index contributed by atoms with van der Waals surface area (Å²) >= 11 is 0. The smallest absolute Gasteiger partial charge is 0.253 e. The Balaban J connectivity index is 1.80. The topological polar surface area (TPSA) is 105 Å². The maximum Gasteiger partial charge on any atom is 0.253 e. The maximum absolute atomic E-state index is 13.2. The molecule has 3 aromatic rings. The zero-order valence-electron chi connectivity index (χ0n) is 20.8. The maximum atomic E-state index is 13.2. The minimum atomic E-state index is -3.80. The number of benzene rings is 3. The van der Waals surface area contributed by atoms with E-state index in [-0.39, 0.29) is 23.2 Å². The number of para-hydroxylation sites is 1. The van der Waals surface area contributed by atoms with Crippen molar-refractivity contribution in [3.63, 3.8) is 0 Å². The van der Waals surface area contributed by atoms with Crippen molar-refractivity contribution < 1.29 is 22.7 Å². The van der Waals surface area contributed by atoms with Crippen LogP contribution in [0.3, 0.4) is 0 Å². The van der Waals surface area contributed by atoms with E-state index in [0.29, 0.717) is 18.0 Å². The first-order valence-electron chi connectivity index (χ1n) is 11.6. The van der Waals surface area contributed by atoms with E-state index in [9.17, 15) is 18.0 Å². The third-order valence-corrected chi connectivity index (χ3v) is 6.81. The molecule has 36 heavy (non-hydrogen) atoms. The number of hydrogen-bond donors (Lipinski definition) is 2. The molecule has 3 rings (SSSR count). The summed E-state index contributed by atoms with van der Waals surface area (Å²) in [5.74, 6) is -0.344. The molecule has 9 heteroatoms. The molecule has 190 valence electrons. The van der Waals surface area contributed by atoms with Crippen molar-refractivity contribution in [2.24, 2.45) is 0 Å². The van der Waals surface area contributed by atoms with Gasteiger partial charge in [-0.25, -0.2) is 8.42 Å². The highest BCUT2D eigenvalue weighted by atomic mass is 32.2. The summed E-state index contributed by atoms with van der Waals surface area (Å²) < 4.78 is 31.7. The number of carbonyl (C=O) groups excluding carboxylic acids is 2. The third kappa shape index (κ3) is 6.63. The molecule has 2 atom stereocenters. The van der Waals surface area contributed by atoms with Crippen LogP contribution in [0.25, 0.3) is 0 Å². The van der Waals surface area contributed by atoms with Gasteiger partial charge in [-0.1, -0.05) is 42.5 Å². The van der Waals surface area contributed by atoms with Crippen LogP contribution in [0.5, 0.6) is 5.75 Å². The van der Waals surface area contributed by atoms with Gasteiger partial charge in [-0.15, -0.1) is 0 Å². The van der Waals surface area contributed by atoms with E-state index in [2.05, 4.69) is 10.6 Å². The highest BCUT2D eigenvalue weighted by molar-refractivity contribution is 7.92. The summed E-state index contributed by atoms with van der Waals surface area (Å²) in [6.07, 6.45) is 1.04. The monoisotopic (exact) mass is 509 g/mol. The molecule has 0 spiro atoms. The molecule has 0 saturated carbocycles. The first-order valence-corrected chi connectivity index (χ1v) is 13.4. The Bertz CT molecular complexity index is 1290. The van der Waals surface area contributed by atoms with Crippen LogP contribution in [0, 0.1) is 0 Å². The molecule has 2 N–H and O–H groups in total. The third-order valence-electron chi connectivity index (χ3n) is 5.57. The molecule has 0 fully saturated rings. The number of hydrogen-bond acceptors (Lipinski definition) is 5. The minimum Gasteiger partial charge on any atom is -0.494 e. The summed E-state index contributed by atoms with van der Waals surface area (Å²) in [5.41, 5.74) is 1.83. The number of carbonyl (C=O) groups is 2. The van der Waals surface area contributed by atoms with E-state index in [1.807, 2.05) is 44.2 Å². The summed E-state index contributed by atoms with van der Waals surface area (Å²) in [6.45, 7) is 5.69. The normalized spacial score (nSPS) is 12.8.